The first-order valence-electron chi connectivity index (χ1n) is 7.21. The van der Waals surface area contributed by atoms with Crippen LogP contribution >= 0.6 is 0 Å². The van der Waals surface area contributed by atoms with Gasteiger partial charge in [-0.1, -0.05) is 73.0 Å². The number of allylic oxidation sites excluding steroid dienone is 1. The first-order valence-corrected chi connectivity index (χ1v) is 7.21. The van der Waals surface area contributed by atoms with Crippen molar-refractivity contribution in [1.82, 2.24) is 0 Å². The van der Waals surface area contributed by atoms with Gasteiger partial charge in [-0.05, 0) is 31.1 Å². The van der Waals surface area contributed by atoms with Gasteiger partial charge in [0.05, 0.1) is 0 Å². The van der Waals surface area contributed by atoms with Gasteiger partial charge in [-0.2, -0.15) is 0 Å². The van der Waals surface area contributed by atoms with Crippen LogP contribution in [0.2, 0.25) is 0 Å². The molecule has 98 valence electrons. The van der Waals surface area contributed by atoms with E-state index in [0.717, 1.165) is 5.92 Å². The Kier molecular flexibility index (Phi) is 11.2. The monoisotopic (exact) mass is 226 g/mol. The second-order valence-corrected chi connectivity index (χ2v) is 4.84. The van der Waals surface area contributed by atoms with Gasteiger partial charge in [0, 0.05) is 0 Å². The summed E-state index contributed by atoms with van der Waals surface area (Å²) >= 11 is 0. The molecule has 1 aliphatic rings. The molecule has 0 aliphatic heterocycles. The largest absolute Gasteiger partial charge is 0.0996 e. The predicted octanol–water partition coefficient (Wildman–Crippen LogP) is 6.22. The zero-order chi connectivity index (χ0) is 13.2. The predicted molar refractivity (Wildman–Crippen MR) is 77.9 cm³/mol. The van der Waals surface area contributed by atoms with E-state index in [9.17, 15) is 0 Å². The molecule has 16 heavy (non-hydrogen) atoms. The highest BCUT2D eigenvalue weighted by atomic mass is 14.4. The topological polar surface area (TPSA) is 0 Å². The lowest BCUT2D eigenvalue weighted by atomic mass is 9.68. The van der Waals surface area contributed by atoms with Crippen molar-refractivity contribution in [3.63, 3.8) is 0 Å². The lowest BCUT2D eigenvalue weighted by Crippen LogP contribution is -2.26. The molecule has 0 radical (unpaired) electrons. The van der Waals surface area contributed by atoms with Crippen LogP contribution in [0.15, 0.2) is 12.2 Å². The maximum Gasteiger partial charge on any atom is -0.0122 e. The van der Waals surface area contributed by atoms with Crippen molar-refractivity contribution in [2.24, 2.45) is 11.3 Å². The fourth-order valence-electron chi connectivity index (χ4n) is 2.17. The van der Waals surface area contributed by atoms with Gasteiger partial charge < -0.3 is 0 Å². The number of rotatable bonds is 2. The van der Waals surface area contributed by atoms with Gasteiger partial charge in [-0.25, -0.2) is 0 Å². The summed E-state index contributed by atoms with van der Waals surface area (Å²) in [7, 11) is 0. The zero-order valence-corrected chi connectivity index (χ0v) is 12.8. The van der Waals surface area contributed by atoms with Crippen molar-refractivity contribution in [3.05, 3.63) is 12.2 Å². The van der Waals surface area contributed by atoms with Gasteiger partial charge >= 0.3 is 0 Å². The van der Waals surface area contributed by atoms with E-state index in [1.54, 1.807) is 0 Å². The van der Waals surface area contributed by atoms with Crippen LogP contribution in [0.25, 0.3) is 0 Å². The third-order valence-electron chi connectivity index (χ3n) is 3.73. The van der Waals surface area contributed by atoms with Crippen molar-refractivity contribution in [3.8, 4) is 0 Å². The summed E-state index contributed by atoms with van der Waals surface area (Å²) in [6.07, 6.45) is 7.14. The molecule has 1 aliphatic carbocycles. The molecule has 0 aromatic rings. The second kappa shape index (κ2) is 9.93. The van der Waals surface area contributed by atoms with Gasteiger partial charge in [-0.15, -0.1) is 0 Å². The van der Waals surface area contributed by atoms with E-state index >= 15 is 0 Å². The summed E-state index contributed by atoms with van der Waals surface area (Å²) in [6, 6.07) is 0. The van der Waals surface area contributed by atoms with E-state index in [4.69, 9.17) is 0 Å². The third-order valence-corrected chi connectivity index (χ3v) is 3.73. The minimum Gasteiger partial charge on any atom is -0.0996 e. The Morgan fingerprint density at radius 2 is 1.31 bits per heavy atom. The van der Waals surface area contributed by atoms with E-state index < -0.39 is 0 Å². The van der Waals surface area contributed by atoms with Crippen molar-refractivity contribution >= 4 is 0 Å². The normalized spacial score (nSPS) is 16.4. The van der Waals surface area contributed by atoms with Gasteiger partial charge in [-0.3, -0.25) is 0 Å². The number of hydrogen-bond acceptors (Lipinski definition) is 0. The van der Waals surface area contributed by atoms with Crippen LogP contribution in [-0.2, 0) is 0 Å². The summed E-state index contributed by atoms with van der Waals surface area (Å²) < 4.78 is 0. The van der Waals surface area contributed by atoms with Crippen LogP contribution < -0.4 is 0 Å². The minimum atomic E-state index is 0.375. The molecule has 0 saturated heterocycles. The lowest BCUT2D eigenvalue weighted by Gasteiger charge is -2.37. The Hall–Kier alpha value is -0.260. The maximum atomic E-state index is 4.10. The van der Waals surface area contributed by atoms with Crippen LogP contribution in [0.5, 0.6) is 0 Å². The average molecular weight is 226 g/mol. The highest BCUT2D eigenvalue weighted by Crippen LogP contribution is 2.42. The molecular weight excluding hydrogens is 192 g/mol. The molecule has 1 fully saturated rings. The van der Waals surface area contributed by atoms with E-state index in [2.05, 4.69) is 27.4 Å². The Morgan fingerprint density at radius 3 is 1.62 bits per heavy atom. The fourth-order valence-corrected chi connectivity index (χ4v) is 2.17. The molecule has 1 saturated carbocycles. The van der Waals surface area contributed by atoms with Gasteiger partial charge in [0.25, 0.3) is 0 Å². The first kappa shape index (κ1) is 18.1. The van der Waals surface area contributed by atoms with E-state index in [1.165, 1.54) is 37.7 Å². The van der Waals surface area contributed by atoms with Crippen LogP contribution in [0.3, 0.4) is 0 Å². The Morgan fingerprint density at radius 1 is 0.938 bits per heavy atom. The molecule has 0 aromatic heterocycles. The van der Waals surface area contributed by atoms with E-state index in [1.807, 2.05) is 27.7 Å². The van der Waals surface area contributed by atoms with Crippen LogP contribution in [-0.4, -0.2) is 0 Å². The Bertz CT molecular complexity index is 159. The molecule has 0 nitrogen and oxygen atoms in total. The maximum absolute atomic E-state index is 4.10. The van der Waals surface area contributed by atoms with Gasteiger partial charge in [0.1, 0.15) is 0 Å². The smallest absolute Gasteiger partial charge is 0.0122 e. The van der Waals surface area contributed by atoms with E-state index in [-0.39, 0.29) is 0 Å². The SMILES string of the molecule is C=C(C)C(C)(C)C1CCCCC1.CC.CC. The van der Waals surface area contributed by atoms with Crippen LogP contribution in [0.4, 0.5) is 0 Å². The molecule has 0 aromatic carbocycles. The molecule has 0 bridgehead atoms. The van der Waals surface area contributed by atoms with Crippen molar-refractivity contribution in [2.45, 2.75) is 80.6 Å². The molecular formula is C16H34. The molecule has 0 heterocycles. The second-order valence-electron chi connectivity index (χ2n) is 4.84. The van der Waals surface area contributed by atoms with Crippen molar-refractivity contribution in [2.75, 3.05) is 0 Å². The molecule has 0 heteroatoms. The fraction of sp³-hybridized carbons (Fsp3) is 0.875. The third kappa shape index (κ3) is 5.72. The highest BCUT2D eigenvalue weighted by molar-refractivity contribution is 5.06. The molecule has 0 spiro atoms. The lowest BCUT2D eigenvalue weighted by molar-refractivity contribution is 0.198. The summed E-state index contributed by atoms with van der Waals surface area (Å²) in [5, 5.41) is 0. The molecule has 0 unspecified atom stereocenters. The van der Waals surface area contributed by atoms with Gasteiger partial charge in [0.2, 0.25) is 0 Å². The summed E-state index contributed by atoms with van der Waals surface area (Å²) in [4.78, 5) is 0. The molecule has 0 atom stereocenters. The minimum absolute atomic E-state index is 0.375. The summed E-state index contributed by atoms with van der Waals surface area (Å²) in [6.45, 7) is 19.0. The van der Waals surface area contributed by atoms with E-state index in [0.29, 0.717) is 5.41 Å². The van der Waals surface area contributed by atoms with Crippen molar-refractivity contribution < 1.29 is 0 Å². The van der Waals surface area contributed by atoms with Crippen LogP contribution in [0.1, 0.15) is 80.6 Å². The number of hydrogen-bond donors (Lipinski definition) is 0. The highest BCUT2D eigenvalue weighted by Gasteiger charge is 2.30. The zero-order valence-electron chi connectivity index (χ0n) is 12.8. The quantitative estimate of drug-likeness (QED) is 0.490. The molecule has 0 N–H and O–H groups in total. The molecule has 0 amide bonds. The first-order chi connectivity index (χ1) is 7.55. The van der Waals surface area contributed by atoms with Crippen molar-refractivity contribution in [1.29, 1.82) is 0 Å². The Balaban J connectivity index is 0. The van der Waals surface area contributed by atoms with Crippen LogP contribution in [0, 0.1) is 11.3 Å². The Labute approximate surface area is 105 Å². The summed E-state index contributed by atoms with van der Waals surface area (Å²) in [5.41, 5.74) is 1.73. The average Bonchev–Trinajstić information content (AvgIpc) is 2.35. The van der Waals surface area contributed by atoms with Gasteiger partial charge in [0.15, 0.2) is 0 Å². The standard InChI is InChI=1S/C12H22.2C2H6/c1-10(2)12(3,4)11-8-6-5-7-9-11;2*1-2/h11H,1,5-9H2,2-4H3;2*1-2H3. The summed E-state index contributed by atoms with van der Waals surface area (Å²) in [5.74, 6) is 0.892. The molecule has 1 rings (SSSR count).